The number of nitrogens with zero attached hydrogens (tertiary/aromatic N) is 1. The van der Waals surface area contributed by atoms with Gasteiger partial charge >= 0.3 is 5.97 Å². The maximum atomic E-state index is 10.8. The minimum absolute atomic E-state index is 0.206. The molecule has 4 nitrogen and oxygen atoms in total. The van der Waals surface area contributed by atoms with E-state index in [9.17, 15) is 4.79 Å². The summed E-state index contributed by atoms with van der Waals surface area (Å²) >= 11 is 0. The molecule has 1 atom stereocenters. The molecule has 0 saturated carbocycles. The van der Waals surface area contributed by atoms with Crippen molar-refractivity contribution in [2.45, 2.75) is 38.2 Å². The third-order valence-electron chi connectivity index (χ3n) is 3.91. The van der Waals surface area contributed by atoms with E-state index in [-0.39, 0.29) is 12.5 Å². The molecule has 1 aliphatic heterocycles. The van der Waals surface area contributed by atoms with Crippen molar-refractivity contribution in [2.24, 2.45) is 0 Å². The van der Waals surface area contributed by atoms with Gasteiger partial charge in [-0.05, 0) is 37.8 Å². The molecular formula is C17H25NO3. The fourth-order valence-corrected chi connectivity index (χ4v) is 2.78. The van der Waals surface area contributed by atoms with E-state index in [1.807, 2.05) is 6.07 Å². The fraction of sp³-hybridized carbons (Fsp3) is 0.588. The quantitative estimate of drug-likeness (QED) is 0.760. The summed E-state index contributed by atoms with van der Waals surface area (Å²) in [4.78, 5) is 13.0. The van der Waals surface area contributed by atoms with Gasteiger partial charge in [0.05, 0.1) is 12.5 Å². The molecule has 0 radical (unpaired) electrons. The third-order valence-corrected chi connectivity index (χ3v) is 3.91. The molecular weight excluding hydrogens is 266 g/mol. The second-order valence-corrected chi connectivity index (χ2v) is 5.67. The fourth-order valence-electron chi connectivity index (χ4n) is 2.78. The van der Waals surface area contributed by atoms with Gasteiger partial charge in [0.25, 0.3) is 0 Å². The van der Waals surface area contributed by atoms with Crippen molar-refractivity contribution in [3.05, 3.63) is 35.9 Å². The highest BCUT2D eigenvalue weighted by atomic mass is 16.5. The first kappa shape index (κ1) is 16.0. The molecule has 0 bridgehead atoms. The summed E-state index contributed by atoms with van der Waals surface area (Å²) in [5.41, 5.74) is 1.34. The van der Waals surface area contributed by atoms with Gasteiger partial charge in [-0.3, -0.25) is 4.79 Å². The first-order valence-corrected chi connectivity index (χ1v) is 7.84. The molecule has 1 fully saturated rings. The van der Waals surface area contributed by atoms with E-state index < -0.39 is 5.97 Å². The second-order valence-electron chi connectivity index (χ2n) is 5.67. The lowest BCUT2D eigenvalue weighted by molar-refractivity contribution is -0.137. The Balaban J connectivity index is 1.75. The summed E-state index contributed by atoms with van der Waals surface area (Å²) in [6.45, 7) is 3.26. The van der Waals surface area contributed by atoms with Crippen LogP contribution in [0.2, 0.25) is 0 Å². The van der Waals surface area contributed by atoms with Crippen molar-refractivity contribution in [3.63, 3.8) is 0 Å². The Kier molecular flexibility index (Phi) is 6.70. The number of aliphatic carboxylic acids is 1. The van der Waals surface area contributed by atoms with E-state index in [0.29, 0.717) is 6.54 Å². The lowest BCUT2D eigenvalue weighted by atomic mass is 10.1. The van der Waals surface area contributed by atoms with Gasteiger partial charge < -0.3 is 14.7 Å². The molecule has 2 rings (SSSR count). The highest BCUT2D eigenvalue weighted by Gasteiger charge is 2.19. The van der Waals surface area contributed by atoms with Crippen LogP contribution < -0.4 is 0 Å². The molecule has 0 amide bonds. The summed E-state index contributed by atoms with van der Waals surface area (Å²) in [5.74, 6) is -0.726. The first-order valence-electron chi connectivity index (χ1n) is 7.84. The van der Waals surface area contributed by atoms with Crippen molar-refractivity contribution < 1.29 is 14.6 Å². The summed E-state index contributed by atoms with van der Waals surface area (Å²) in [6, 6.07) is 10.4. The van der Waals surface area contributed by atoms with Gasteiger partial charge in [-0.2, -0.15) is 0 Å². The van der Waals surface area contributed by atoms with Crippen molar-refractivity contribution in [3.8, 4) is 0 Å². The van der Waals surface area contributed by atoms with E-state index in [0.717, 1.165) is 45.4 Å². The largest absolute Gasteiger partial charge is 0.481 e. The molecule has 1 aromatic rings. The predicted octanol–water partition coefficient (Wildman–Crippen LogP) is 2.57. The number of aryl methyl sites for hydroxylation is 1. The van der Waals surface area contributed by atoms with Crippen LogP contribution in [0.3, 0.4) is 0 Å². The van der Waals surface area contributed by atoms with Crippen molar-refractivity contribution in [1.82, 2.24) is 4.90 Å². The number of carboxylic acids is 1. The highest BCUT2D eigenvalue weighted by Crippen LogP contribution is 2.14. The van der Waals surface area contributed by atoms with Crippen molar-refractivity contribution >= 4 is 5.97 Å². The van der Waals surface area contributed by atoms with Crippen LogP contribution in [0.1, 0.15) is 31.2 Å². The zero-order chi connectivity index (χ0) is 14.9. The predicted molar refractivity (Wildman–Crippen MR) is 82.4 cm³/mol. The van der Waals surface area contributed by atoms with Crippen LogP contribution in [-0.2, 0) is 16.0 Å². The molecule has 0 aromatic heterocycles. The molecule has 0 spiro atoms. The number of carbonyl (C=O) groups is 1. The van der Waals surface area contributed by atoms with Crippen LogP contribution in [0.15, 0.2) is 30.3 Å². The van der Waals surface area contributed by atoms with Crippen molar-refractivity contribution in [2.75, 3.05) is 26.2 Å². The molecule has 1 N–H and O–H groups in total. The van der Waals surface area contributed by atoms with Crippen LogP contribution in [-0.4, -0.2) is 48.3 Å². The molecule has 21 heavy (non-hydrogen) atoms. The van der Waals surface area contributed by atoms with Crippen LogP contribution in [0.5, 0.6) is 0 Å². The monoisotopic (exact) mass is 291 g/mol. The van der Waals surface area contributed by atoms with Gasteiger partial charge in [-0.25, -0.2) is 0 Å². The van der Waals surface area contributed by atoms with E-state index in [2.05, 4.69) is 29.2 Å². The zero-order valence-corrected chi connectivity index (χ0v) is 12.5. The number of rotatable bonds is 9. The van der Waals surface area contributed by atoms with Gasteiger partial charge in [0.1, 0.15) is 0 Å². The smallest absolute Gasteiger partial charge is 0.304 e. The van der Waals surface area contributed by atoms with Crippen LogP contribution in [0.4, 0.5) is 0 Å². The van der Waals surface area contributed by atoms with E-state index in [1.54, 1.807) is 0 Å². The summed E-state index contributed by atoms with van der Waals surface area (Å²) in [7, 11) is 0. The van der Waals surface area contributed by atoms with Gasteiger partial charge in [0, 0.05) is 19.7 Å². The average Bonchev–Trinajstić information content (AvgIpc) is 2.98. The lowest BCUT2D eigenvalue weighted by Gasteiger charge is -2.24. The average molecular weight is 291 g/mol. The van der Waals surface area contributed by atoms with Gasteiger partial charge in [-0.1, -0.05) is 30.3 Å². The Morgan fingerprint density at radius 3 is 2.76 bits per heavy atom. The van der Waals surface area contributed by atoms with Gasteiger partial charge in [-0.15, -0.1) is 0 Å². The zero-order valence-electron chi connectivity index (χ0n) is 12.5. The highest BCUT2D eigenvalue weighted by molar-refractivity contribution is 5.66. The molecule has 1 unspecified atom stereocenters. The number of ether oxygens (including phenoxy) is 1. The Labute approximate surface area is 126 Å². The van der Waals surface area contributed by atoms with E-state index in [4.69, 9.17) is 9.84 Å². The summed E-state index contributed by atoms with van der Waals surface area (Å²) in [6.07, 6.45) is 4.81. The molecule has 1 saturated heterocycles. The van der Waals surface area contributed by atoms with Gasteiger partial charge in [0.2, 0.25) is 0 Å². The minimum Gasteiger partial charge on any atom is -0.481 e. The van der Waals surface area contributed by atoms with Crippen LogP contribution >= 0.6 is 0 Å². The molecule has 116 valence electrons. The first-order chi connectivity index (χ1) is 10.2. The Morgan fingerprint density at radius 1 is 1.29 bits per heavy atom. The number of hydrogen-bond acceptors (Lipinski definition) is 3. The maximum Gasteiger partial charge on any atom is 0.304 e. The molecule has 1 aliphatic rings. The SMILES string of the molecule is O=C(O)CCN(CCCc1ccccc1)CC1CCCO1. The maximum absolute atomic E-state index is 10.8. The Hall–Kier alpha value is -1.39. The number of benzene rings is 1. The summed E-state index contributed by atoms with van der Waals surface area (Å²) in [5, 5.41) is 8.87. The van der Waals surface area contributed by atoms with Crippen LogP contribution in [0, 0.1) is 0 Å². The molecule has 4 heteroatoms. The lowest BCUT2D eigenvalue weighted by Crippen LogP contribution is -2.34. The molecule has 1 aromatic carbocycles. The topological polar surface area (TPSA) is 49.8 Å². The normalized spacial score (nSPS) is 18.2. The number of hydrogen-bond donors (Lipinski definition) is 1. The second kappa shape index (κ2) is 8.80. The standard InChI is InChI=1S/C17H25NO3/c19-17(20)10-12-18(14-16-9-5-13-21-16)11-4-8-15-6-2-1-3-7-15/h1-3,6-7,16H,4-5,8-14H2,(H,19,20). The molecule has 0 aliphatic carbocycles. The van der Waals surface area contributed by atoms with Crippen molar-refractivity contribution in [1.29, 1.82) is 0 Å². The third kappa shape index (κ3) is 6.27. The van der Waals surface area contributed by atoms with E-state index >= 15 is 0 Å². The Morgan fingerprint density at radius 2 is 2.10 bits per heavy atom. The molecule has 1 heterocycles. The minimum atomic E-state index is -0.726. The van der Waals surface area contributed by atoms with Gasteiger partial charge in [0.15, 0.2) is 0 Å². The van der Waals surface area contributed by atoms with Crippen LogP contribution in [0.25, 0.3) is 0 Å². The Bertz CT molecular complexity index is 415. The van der Waals surface area contributed by atoms with E-state index in [1.165, 1.54) is 5.56 Å². The summed E-state index contributed by atoms with van der Waals surface area (Å²) < 4.78 is 5.67. The number of carboxylic acid groups (broad SMARTS) is 1.